The van der Waals surface area contributed by atoms with Crippen molar-refractivity contribution in [2.75, 3.05) is 7.05 Å². The molecule has 1 heterocycles. The first-order valence-corrected chi connectivity index (χ1v) is 12.6. The minimum Gasteiger partial charge on any atom is -0.331 e. The zero-order valence-corrected chi connectivity index (χ0v) is 130. The molecule has 1 saturated heterocycles. The monoisotopic (exact) mass is 3220 g/mol. The Morgan fingerprint density at radius 2 is 0.349 bits per heavy atom. The molecule has 0 aliphatic carbocycles. The van der Waals surface area contributed by atoms with Crippen LogP contribution in [0.4, 0.5) is 0 Å². The summed E-state index contributed by atoms with van der Waals surface area (Å²) in [6, 6.07) is 1.54. The van der Waals surface area contributed by atoms with Crippen LogP contribution in [0.5, 0.6) is 0 Å². The van der Waals surface area contributed by atoms with E-state index in [0.717, 1.165) is 35.8 Å². The molecule has 0 bridgehead atoms. The van der Waals surface area contributed by atoms with Gasteiger partial charge in [-0.3, -0.25) is 0 Å². The number of likely N-dealkylation sites (tertiary alicyclic amines) is 1. The van der Waals surface area contributed by atoms with E-state index >= 15 is 0 Å². The molecule has 0 aromatic heterocycles. The van der Waals surface area contributed by atoms with Gasteiger partial charge in [-0.1, -0.05) is 127 Å². The van der Waals surface area contributed by atoms with E-state index in [9.17, 15) is 0 Å². The van der Waals surface area contributed by atoms with Gasteiger partial charge in [0.25, 0.3) is 0 Å². The summed E-state index contributed by atoms with van der Waals surface area (Å²) in [6.07, 6.45) is 4.48. The summed E-state index contributed by atoms with van der Waals surface area (Å²) in [5, 5.41) is 0. The minimum atomic E-state index is 0. The molecule has 0 aromatic carbocycles. The van der Waals surface area contributed by atoms with E-state index < -0.39 is 0 Å². The van der Waals surface area contributed by atoms with E-state index in [4.69, 9.17) is 0 Å². The quantitative estimate of drug-likeness (QED) is 0.255. The largest absolute Gasteiger partial charge is 0.331 e. The fraction of sp³-hybridized carbons (Fsp3) is 0.935. The van der Waals surface area contributed by atoms with E-state index in [1.807, 2.05) is 69.2 Å². The van der Waals surface area contributed by atoms with Gasteiger partial charge in [-0.25, -0.2) is 0 Å². The average Bonchev–Trinajstić information content (AvgIpc) is 2.97. The summed E-state index contributed by atoms with van der Waals surface area (Å²) in [4.78, 5) is 2.48. The van der Waals surface area contributed by atoms with Crippen LogP contribution < -0.4 is 0 Å². The van der Waals surface area contributed by atoms with E-state index in [1.54, 1.807) is 0 Å². The first-order valence-electron chi connectivity index (χ1n) is 12.6. The van der Waals surface area contributed by atoms with Gasteiger partial charge >= 0.3 is 0 Å². The van der Waals surface area contributed by atoms with Crippen molar-refractivity contribution in [2.24, 2.45) is 23.7 Å². The normalized spacial score (nSPS) is 10.7. The molecule has 0 saturated carbocycles. The summed E-state index contributed by atoms with van der Waals surface area (Å²) < 4.78 is 0. The Balaban J connectivity index is -0.00000000224. The van der Waals surface area contributed by atoms with Crippen LogP contribution in [-0.2, 0) is 1010 Å². The molecule has 0 unspecified atom stereocenters. The maximum absolute atomic E-state index is 2.48. The van der Waals surface area contributed by atoms with Gasteiger partial charge < -0.3 is 17.7 Å². The molecule has 0 N–H and O–H groups in total. The molecule has 6 atom stereocenters. The number of hydrogen-bond acceptors (Lipinski definition) is 1. The smallest absolute Gasteiger partial charge is 0.00955 e. The van der Waals surface area contributed by atoms with Crippen molar-refractivity contribution >= 4 is 0 Å². The topological polar surface area (TPSA) is 3.24 Å². The van der Waals surface area contributed by atoms with Crippen LogP contribution in [0.1, 0.15) is 154 Å². The van der Waals surface area contributed by atoms with E-state index in [-0.39, 0.29) is 1040 Å². The van der Waals surface area contributed by atoms with Crippen LogP contribution in [0.15, 0.2) is 0 Å². The standard InChI is InChI=1S/C9H19N.C8H16.5C2H6.4CH4.31Y/c1-6-7(2)9(4)10(5)8(6)3;1-5-7(3)8(4)6-2;5*1-2;;;;;;;;;;;;;;;;;;;;;;;;;;;;;;;;;;;/h6-9H,1-5H3;5-8H,1-4H3;5*1-2H3;4*1H4;;;;;;;;;;;;;;;;;;;;;;;;;;;;;;;/q;-2;;;;;;;;;;;;;;;;;;;;;;;;;;;;;;;;;;;;;;;;/t6-,7+,8-,9+;7-,8+;;;;;;;;;;;;;;;;;;;;;;;;;;;;;;;;;;;;;;;;. The molecule has 32 heteroatoms. The third kappa shape index (κ3) is 221. The van der Waals surface area contributed by atoms with Crippen molar-refractivity contribution < 1.29 is 1010 Å². The van der Waals surface area contributed by atoms with Gasteiger partial charge in [-0.15, -0.1) is 0 Å². The van der Waals surface area contributed by atoms with Crippen molar-refractivity contribution in [1.29, 1.82) is 0 Å². The molecule has 1 rings (SSSR count). The molecule has 31 radical (unpaired) electrons. The van der Waals surface area contributed by atoms with Crippen molar-refractivity contribution in [1.82, 2.24) is 4.90 Å². The predicted octanol–water partition coefficient (Wildman–Crippen LogP) is 12.3. The summed E-state index contributed by atoms with van der Waals surface area (Å²) in [5.41, 5.74) is 0. The zero-order chi connectivity index (χ0) is 24.5. The van der Waals surface area contributed by atoms with Gasteiger partial charge in [-0.05, 0) is 32.7 Å². The van der Waals surface area contributed by atoms with Crippen molar-refractivity contribution in [3.05, 3.63) is 12.8 Å². The Morgan fingerprint density at radius 3 is 0.381 bits per heavy atom. The summed E-state index contributed by atoms with van der Waals surface area (Å²) in [7, 11) is 2.23. The second-order valence-electron chi connectivity index (χ2n) is 6.25. The number of nitrogens with zero attached hydrogens (tertiary/aromatic N) is 1. The third-order valence-corrected chi connectivity index (χ3v) is 5.52. The maximum atomic E-state index is 2.48. The van der Waals surface area contributed by atoms with Gasteiger partial charge in [0.05, 0.1) is 0 Å². The van der Waals surface area contributed by atoms with Gasteiger partial charge in [0.15, 0.2) is 0 Å². The second-order valence-corrected chi connectivity index (χ2v) is 6.25. The van der Waals surface area contributed by atoms with Crippen LogP contribution in [0.2, 0.25) is 0 Å². The number of rotatable bonds is 3. The first-order chi connectivity index (χ1) is 13.3. The van der Waals surface area contributed by atoms with E-state index in [2.05, 4.69) is 80.2 Å². The van der Waals surface area contributed by atoms with E-state index in [0.29, 0.717) is 0 Å². The van der Waals surface area contributed by atoms with Gasteiger partial charge in [-0.2, -0.15) is 25.7 Å². The maximum Gasteiger partial charge on any atom is 0.00955 e. The van der Waals surface area contributed by atoms with E-state index in [1.165, 1.54) is 0 Å². The van der Waals surface area contributed by atoms with Crippen LogP contribution in [0, 0.1) is 36.5 Å². The van der Waals surface area contributed by atoms with Crippen LogP contribution in [0.3, 0.4) is 0 Å². The van der Waals surface area contributed by atoms with Crippen molar-refractivity contribution in [3.63, 3.8) is 0 Å². The van der Waals surface area contributed by atoms with Crippen LogP contribution in [0.25, 0.3) is 0 Å². The van der Waals surface area contributed by atoms with Crippen molar-refractivity contribution in [3.8, 4) is 0 Å². The fourth-order valence-corrected chi connectivity index (χ4v) is 2.60. The summed E-state index contributed by atoms with van der Waals surface area (Å²) >= 11 is 0. The molecule has 1 aliphatic heterocycles. The molecular weight excluding hydrogens is 3140 g/mol. The fourth-order valence-electron chi connectivity index (χ4n) is 2.60. The molecule has 0 spiro atoms. The first kappa shape index (κ1) is 285. The van der Waals surface area contributed by atoms with Crippen molar-refractivity contribution in [2.45, 2.75) is 166 Å². The van der Waals surface area contributed by atoms with Gasteiger partial charge in [0.2, 0.25) is 0 Å². The molecule has 305 valence electrons. The molecular formula is C31H81NY31-2. The molecule has 1 aliphatic rings. The molecule has 1 fully saturated rings. The summed E-state index contributed by atoms with van der Waals surface area (Å²) in [5.74, 6) is 3.19. The Kier molecular flexibility index (Phi) is 1200. The Labute approximate surface area is 1190 Å². The average molecular weight is 3220 g/mol. The van der Waals surface area contributed by atoms with Gasteiger partial charge in [0, 0.05) is 1030 Å². The SMILES string of the molecule is C.C.C.C.CC.CC.CC.CC.CC.C[C@@H]1[C@H](C)[C@H](C)N(C)[C@@H]1C.C[CH-][C@@H](C)[C@@H](C)[CH-]C.[Y].[Y].[Y].[Y].[Y].[Y].[Y].[Y].[Y].[Y].[Y].[Y].[Y].[Y].[Y].[Y].[Y].[Y].[Y].[Y].[Y].[Y].[Y].[Y].[Y].[Y].[Y].[Y].[Y].[Y].[Y]. The Morgan fingerprint density at radius 1 is 0.270 bits per heavy atom. The van der Waals surface area contributed by atoms with Crippen LogP contribution >= 0.6 is 0 Å². The molecule has 0 amide bonds. The molecule has 1 nitrogen and oxygen atoms in total. The number of hydrogen-bond donors (Lipinski definition) is 0. The third-order valence-electron chi connectivity index (χ3n) is 5.52. The Hall–Kier alpha value is 34.2. The Bertz CT molecular complexity index is 225. The van der Waals surface area contributed by atoms with Gasteiger partial charge in [0.1, 0.15) is 0 Å². The second kappa shape index (κ2) is 266. The molecule has 0 aromatic rings. The molecule has 63 heavy (non-hydrogen) atoms. The minimum absolute atomic E-state index is 0. The predicted molar refractivity (Wildman–Crippen MR) is 167 cm³/mol. The summed E-state index contributed by atoms with van der Waals surface area (Å²) in [6.45, 7) is 38.1. The zero-order valence-electron chi connectivity index (χ0n) is 42.0. The van der Waals surface area contributed by atoms with Crippen LogP contribution in [-0.4, -0.2) is 24.0 Å².